The number of hydrogen-bond acceptors (Lipinski definition) is 6. The SMILES string of the molecule is CCCCCCCCc1cccc(C(=O)NNC(=O)C(CC)(CCCCCCC)C(=O)NNC(=O)c2cccc(CCCCCCCC)c2O)c1O. The maximum Gasteiger partial charge on any atom is 0.273 e. The number of carbonyl (C=O) groups is 4. The summed E-state index contributed by atoms with van der Waals surface area (Å²) in [6.45, 7) is 8.17. The third kappa shape index (κ3) is 14.2. The molecule has 0 spiro atoms. The predicted molar refractivity (Wildman–Crippen MR) is 208 cm³/mol. The third-order valence-corrected chi connectivity index (χ3v) is 10.1. The van der Waals surface area contributed by atoms with Crippen molar-refractivity contribution >= 4 is 23.6 Å². The lowest BCUT2D eigenvalue weighted by atomic mass is 9.78. The number of aromatic hydroxyl groups is 2. The second-order valence-corrected chi connectivity index (χ2v) is 14.1. The molecule has 2 aromatic carbocycles. The van der Waals surface area contributed by atoms with Gasteiger partial charge in [-0.2, -0.15) is 0 Å². The number of hydrazine groups is 2. The second kappa shape index (κ2) is 25.0. The Morgan fingerprint density at radius 1 is 0.500 bits per heavy atom. The summed E-state index contributed by atoms with van der Waals surface area (Å²) in [5.74, 6) is -3.10. The van der Waals surface area contributed by atoms with Gasteiger partial charge in [0, 0.05) is 0 Å². The third-order valence-electron chi connectivity index (χ3n) is 10.1. The molecule has 4 amide bonds. The standard InChI is InChI=1S/C42H66N4O6/c1-5-9-12-15-17-20-25-32-27-23-29-34(36(32)47)38(49)43-45-40(51)42(8-4,31-22-19-14-11-7-3)41(52)46-44-39(50)35-30-24-28-33(37(35)48)26-21-18-16-13-10-6-2/h23-24,27-30,47-48H,5-22,25-26,31H2,1-4H3,(H,43,49)(H,44,50)(H,45,51)(H,46,52). The molecule has 0 heterocycles. The summed E-state index contributed by atoms with van der Waals surface area (Å²) in [5, 5.41) is 21.8. The van der Waals surface area contributed by atoms with Gasteiger partial charge in [-0.1, -0.05) is 148 Å². The van der Waals surface area contributed by atoms with E-state index in [9.17, 15) is 29.4 Å². The summed E-state index contributed by atoms with van der Waals surface area (Å²) in [6.07, 6.45) is 19.2. The number of nitrogens with one attached hydrogen (secondary N) is 4. The molecule has 0 aromatic heterocycles. The Kier molecular flexibility index (Phi) is 21.2. The Morgan fingerprint density at radius 2 is 0.865 bits per heavy atom. The highest BCUT2D eigenvalue weighted by Crippen LogP contribution is 2.31. The summed E-state index contributed by atoms with van der Waals surface area (Å²) >= 11 is 0. The first-order valence-corrected chi connectivity index (χ1v) is 20.0. The van der Waals surface area contributed by atoms with E-state index in [1.165, 1.54) is 50.7 Å². The molecular formula is C42H66N4O6. The Bertz CT molecular complexity index is 1300. The highest BCUT2D eigenvalue weighted by molar-refractivity contribution is 6.07. The number of para-hydroxylation sites is 2. The van der Waals surface area contributed by atoms with Gasteiger partial charge >= 0.3 is 0 Å². The quantitative estimate of drug-likeness (QED) is 0.0342. The average Bonchev–Trinajstić information content (AvgIpc) is 3.15. The van der Waals surface area contributed by atoms with Crippen molar-refractivity contribution in [3.8, 4) is 11.5 Å². The van der Waals surface area contributed by atoms with E-state index in [0.717, 1.165) is 64.2 Å². The lowest BCUT2D eigenvalue weighted by Crippen LogP contribution is -2.58. The molecule has 0 fully saturated rings. The largest absolute Gasteiger partial charge is 0.507 e. The molecule has 10 nitrogen and oxygen atoms in total. The highest BCUT2D eigenvalue weighted by atomic mass is 16.3. The molecule has 290 valence electrons. The molecule has 0 bridgehead atoms. The molecule has 6 N–H and O–H groups in total. The number of carbonyl (C=O) groups excluding carboxylic acids is 4. The molecule has 2 rings (SSSR count). The van der Waals surface area contributed by atoms with Crippen molar-refractivity contribution in [1.29, 1.82) is 0 Å². The summed E-state index contributed by atoms with van der Waals surface area (Å²) < 4.78 is 0. The van der Waals surface area contributed by atoms with E-state index in [1.807, 2.05) is 0 Å². The van der Waals surface area contributed by atoms with Gasteiger partial charge in [0.15, 0.2) is 0 Å². The molecule has 0 unspecified atom stereocenters. The number of phenols is 2. The van der Waals surface area contributed by atoms with Crippen molar-refractivity contribution in [2.75, 3.05) is 0 Å². The molecule has 52 heavy (non-hydrogen) atoms. The fraction of sp³-hybridized carbons (Fsp3) is 0.619. The topological polar surface area (TPSA) is 157 Å². The number of rotatable bonds is 25. The Balaban J connectivity index is 2.11. The molecule has 0 aliphatic rings. The predicted octanol–water partition coefficient (Wildman–Crippen LogP) is 8.88. The van der Waals surface area contributed by atoms with E-state index in [-0.39, 0.29) is 35.5 Å². The second-order valence-electron chi connectivity index (χ2n) is 14.1. The molecule has 0 saturated heterocycles. The van der Waals surface area contributed by atoms with Gasteiger partial charge in [-0.25, -0.2) is 0 Å². The molecule has 0 aliphatic carbocycles. The monoisotopic (exact) mass is 722 g/mol. The van der Waals surface area contributed by atoms with Gasteiger partial charge in [0.1, 0.15) is 16.9 Å². The van der Waals surface area contributed by atoms with Crippen LogP contribution in [0.15, 0.2) is 36.4 Å². The minimum atomic E-state index is -1.61. The number of hydrogen-bond donors (Lipinski definition) is 6. The van der Waals surface area contributed by atoms with Gasteiger partial charge in [0.2, 0.25) is 0 Å². The van der Waals surface area contributed by atoms with Crippen LogP contribution in [0.5, 0.6) is 11.5 Å². The fourth-order valence-electron chi connectivity index (χ4n) is 6.60. The van der Waals surface area contributed by atoms with Gasteiger partial charge in [-0.05, 0) is 61.8 Å². The molecular weight excluding hydrogens is 656 g/mol. The molecule has 10 heteroatoms. The van der Waals surface area contributed by atoms with Crippen molar-refractivity contribution < 1.29 is 29.4 Å². The molecule has 0 radical (unpaired) electrons. The van der Waals surface area contributed by atoms with Crippen LogP contribution < -0.4 is 21.7 Å². The van der Waals surface area contributed by atoms with Crippen LogP contribution in [-0.2, 0) is 22.4 Å². The van der Waals surface area contributed by atoms with Crippen LogP contribution >= 0.6 is 0 Å². The maximum atomic E-state index is 13.8. The first kappa shape index (κ1) is 44.1. The van der Waals surface area contributed by atoms with Crippen LogP contribution in [-0.4, -0.2) is 33.8 Å². The average molecular weight is 723 g/mol. The first-order chi connectivity index (χ1) is 25.2. The van der Waals surface area contributed by atoms with Crippen molar-refractivity contribution in [2.45, 2.75) is 163 Å². The zero-order valence-electron chi connectivity index (χ0n) is 32.3. The Labute approximate surface area is 312 Å². The molecule has 0 saturated carbocycles. The number of unbranched alkanes of at least 4 members (excludes halogenated alkanes) is 14. The summed E-state index contributed by atoms with van der Waals surface area (Å²) in [7, 11) is 0. The number of aryl methyl sites for hydroxylation is 2. The van der Waals surface area contributed by atoms with Crippen LogP contribution in [0.4, 0.5) is 0 Å². The van der Waals surface area contributed by atoms with Crippen molar-refractivity contribution in [3.63, 3.8) is 0 Å². The first-order valence-electron chi connectivity index (χ1n) is 20.0. The Hall–Kier alpha value is -4.08. The van der Waals surface area contributed by atoms with Gasteiger partial charge < -0.3 is 10.2 Å². The highest BCUT2D eigenvalue weighted by Gasteiger charge is 2.44. The number of amides is 4. The van der Waals surface area contributed by atoms with Crippen LogP contribution in [0.1, 0.15) is 182 Å². The van der Waals surface area contributed by atoms with Crippen molar-refractivity contribution in [2.24, 2.45) is 5.41 Å². The van der Waals surface area contributed by atoms with E-state index in [2.05, 4.69) is 42.5 Å². The smallest absolute Gasteiger partial charge is 0.273 e. The van der Waals surface area contributed by atoms with Gasteiger partial charge in [0.05, 0.1) is 11.1 Å². The normalized spacial score (nSPS) is 11.2. The Morgan fingerprint density at radius 3 is 1.25 bits per heavy atom. The zero-order chi connectivity index (χ0) is 38.2. The van der Waals surface area contributed by atoms with Crippen LogP contribution in [0.2, 0.25) is 0 Å². The lowest BCUT2D eigenvalue weighted by Gasteiger charge is -2.30. The van der Waals surface area contributed by atoms with E-state index in [0.29, 0.717) is 30.4 Å². The lowest BCUT2D eigenvalue weighted by molar-refractivity contribution is -0.145. The van der Waals surface area contributed by atoms with E-state index < -0.39 is 29.0 Å². The van der Waals surface area contributed by atoms with E-state index in [1.54, 1.807) is 31.2 Å². The number of phenolic OH excluding ortho intramolecular Hbond substituents is 2. The maximum absolute atomic E-state index is 13.8. The molecule has 0 aliphatic heterocycles. The van der Waals surface area contributed by atoms with Crippen molar-refractivity contribution in [3.05, 3.63) is 58.7 Å². The molecule has 0 atom stereocenters. The van der Waals surface area contributed by atoms with Gasteiger partial charge in [-0.3, -0.25) is 40.9 Å². The van der Waals surface area contributed by atoms with E-state index >= 15 is 0 Å². The number of benzene rings is 2. The van der Waals surface area contributed by atoms with Gasteiger partial charge in [0.25, 0.3) is 23.6 Å². The minimum Gasteiger partial charge on any atom is -0.507 e. The van der Waals surface area contributed by atoms with Crippen LogP contribution in [0, 0.1) is 5.41 Å². The van der Waals surface area contributed by atoms with Crippen LogP contribution in [0.25, 0.3) is 0 Å². The van der Waals surface area contributed by atoms with Crippen molar-refractivity contribution in [1.82, 2.24) is 21.7 Å². The summed E-state index contributed by atoms with van der Waals surface area (Å²) in [4.78, 5) is 53.9. The van der Waals surface area contributed by atoms with Gasteiger partial charge in [-0.15, -0.1) is 0 Å². The fourth-order valence-corrected chi connectivity index (χ4v) is 6.60. The summed E-state index contributed by atoms with van der Waals surface area (Å²) in [6, 6.07) is 9.97. The van der Waals surface area contributed by atoms with E-state index in [4.69, 9.17) is 0 Å². The summed E-state index contributed by atoms with van der Waals surface area (Å²) in [5.41, 5.74) is 9.43. The zero-order valence-corrected chi connectivity index (χ0v) is 32.3. The molecule has 2 aromatic rings. The minimum absolute atomic E-state index is 0.0284. The van der Waals surface area contributed by atoms with Crippen LogP contribution in [0.3, 0.4) is 0 Å².